The van der Waals surface area contributed by atoms with Crippen molar-refractivity contribution in [2.75, 3.05) is 12.3 Å². The first kappa shape index (κ1) is 15.6. The van der Waals surface area contributed by atoms with Gasteiger partial charge in [0, 0.05) is 15.5 Å². The van der Waals surface area contributed by atoms with E-state index in [-0.39, 0.29) is 0 Å². The van der Waals surface area contributed by atoms with Gasteiger partial charge in [0.2, 0.25) is 0 Å². The summed E-state index contributed by atoms with van der Waals surface area (Å²) in [6, 6.07) is 11.3. The molecule has 1 atom stereocenters. The molecule has 0 bridgehead atoms. The number of thiophene rings is 1. The first-order chi connectivity index (χ1) is 9.72. The molecule has 1 nitrogen and oxygen atoms in total. The maximum Gasteiger partial charge on any atom is 0.0512 e. The van der Waals surface area contributed by atoms with E-state index in [4.69, 9.17) is 0 Å². The second-order valence-corrected chi connectivity index (χ2v) is 7.06. The van der Waals surface area contributed by atoms with Crippen molar-refractivity contribution in [3.05, 3.63) is 51.7 Å². The molecule has 2 rings (SSSR count). The van der Waals surface area contributed by atoms with Crippen molar-refractivity contribution in [3.63, 3.8) is 0 Å². The van der Waals surface area contributed by atoms with Gasteiger partial charge in [0.05, 0.1) is 6.04 Å². The number of hydrogen-bond donors (Lipinski definition) is 1. The summed E-state index contributed by atoms with van der Waals surface area (Å²) in [6.07, 6.45) is 1.18. The van der Waals surface area contributed by atoms with E-state index < -0.39 is 0 Å². The number of benzene rings is 1. The monoisotopic (exact) mass is 305 g/mol. The van der Waals surface area contributed by atoms with Gasteiger partial charge in [0.15, 0.2) is 0 Å². The van der Waals surface area contributed by atoms with Crippen molar-refractivity contribution in [2.45, 2.75) is 38.1 Å². The normalized spacial score (nSPS) is 12.6. The minimum absolute atomic E-state index is 0.458. The second kappa shape index (κ2) is 7.87. The van der Waals surface area contributed by atoms with Crippen molar-refractivity contribution < 1.29 is 0 Å². The van der Waals surface area contributed by atoms with Crippen LogP contribution in [0.2, 0.25) is 0 Å². The summed E-state index contributed by atoms with van der Waals surface area (Å²) in [4.78, 5) is 2.88. The average Bonchev–Trinajstić information content (AvgIpc) is 2.87. The molecule has 0 amide bonds. The summed E-state index contributed by atoms with van der Waals surface area (Å²) in [5.41, 5.74) is 2.78. The van der Waals surface area contributed by atoms with Gasteiger partial charge in [-0.2, -0.15) is 0 Å². The molecule has 3 heteroatoms. The summed E-state index contributed by atoms with van der Waals surface area (Å²) in [7, 11) is 0. The molecular weight excluding hydrogens is 282 g/mol. The minimum atomic E-state index is 0.458. The van der Waals surface area contributed by atoms with Crippen molar-refractivity contribution in [3.8, 4) is 0 Å². The van der Waals surface area contributed by atoms with Gasteiger partial charge in [-0.3, -0.25) is 0 Å². The van der Waals surface area contributed by atoms with Crippen molar-refractivity contribution in [1.82, 2.24) is 5.32 Å². The summed E-state index contributed by atoms with van der Waals surface area (Å²) in [6.45, 7) is 7.70. The summed E-state index contributed by atoms with van der Waals surface area (Å²) in [5, 5.41) is 5.89. The SMILES string of the molecule is CCCNC(CSc1ccccc1C)c1sccc1C. The Hall–Kier alpha value is -0.770. The largest absolute Gasteiger partial charge is 0.309 e. The number of aryl methyl sites for hydroxylation is 2. The van der Waals surface area contributed by atoms with Gasteiger partial charge in [0.25, 0.3) is 0 Å². The van der Waals surface area contributed by atoms with Gasteiger partial charge in [-0.15, -0.1) is 23.1 Å². The van der Waals surface area contributed by atoms with E-state index in [1.54, 1.807) is 0 Å². The number of thioether (sulfide) groups is 1. The lowest BCUT2D eigenvalue weighted by atomic mass is 10.2. The molecule has 1 unspecified atom stereocenters. The van der Waals surface area contributed by atoms with Crippen LogP contribution in [0.1, 0.15) is 35.4 Å². The van der Waals surface area contributed by atoms with Gasteiger partial charge in [0.1, 0.15) is 0 Å². The molecule has 0 aliphatic rings. The first-order valence-electron chi connectivity index (χ1n) is 7.18. The molecule has 1 heterocycles. The lowest BCUT2D eigenvalue weighted by Gasteiger charge is -2.18. The fourth-order valence-electron chi connectivity index (χ4n) is 2.18. The highest BCUT2D eigenvalue weighted by molar-refractivity contribution is 7.99. The number of hydrogen-bond acceptors (Lipinski definition) is 3. The Kier molecular flexibility index (Phi) is 6.14. The highest BCUT2D eigenvalue weighted by atomic mass is 32.2. The molecular formula is C17H23NS2. The zero-order valence-corrected chi connectivity index (χ0v) is 14.1. The molecule has 108 valence electrons. The van der Waals surface area contributed by atoms with Crippen molar-refractivity contribution in [2.24, 2.45) is 0 Å². The van der Waals surface area contributed by atoms with Crippen LogP contribution in [-0.4, -0.2) is 12.3 Å². The predicted molar refractivity (Wildman–Crippen MR) is 92.0 cm³/mol. The van der Waals surface area contributed by atoms with Crippen LogP contribution in [0.15, 0.2) is 40.6 Å². The van der Waals surface area contributed by atoms with E-state index in [1.165, 1.54) is 27.3 Å². The van der Waals surface area contributed by atoms with E-state index in [9.17, 15) is 0 Å². The maximum atomic E-state index is 3.69. The zero-order valence-electron chi connectivity index (χ0n) is 12.5. The molecule has 0 aliphatic heterocycles. The van der Waals surface area contributed by atoms with Gasteiger partial charge in [-0.05, 0) is 55.5 Å². The Labute approximate surface area is 130 Å². The third-order valence-electron chi connectivity index (χ3n) is 3.36. The molecule has 1 aromatic carbocycles. The van der Waals surface area contributed by atoms with Crippen LogP contribution in [0.4, 0.5) is 0 Å². The Morgan fingerprint density at radius 3 is 2.60 bits per heavy atom. The fourth-order valence-corrected chi connectivity index (χ4v) is 4.39. The van der Waals surface area contributed by atoms with Crippen LogP contribution in [0, 0.1) is 13.8 Å². The van der Waals surface area contributed by atoms with Crippen LogP contribution in [0.5, 0.6) is 0 Å². The Balaban J connectivity index is 2.05. The Morgan fingerprint density at radius 1 is 1.15 bits per heavy atom. The highest BCUT2D eigenvalue weighted by Crippen LogP contribution is 2.31. The second-order valence-electron chi connectivity index (χ2n) is 5.05. The number of rotatable bonds is 7. The standard InChI is InChI=1S/C17H23NS2/c1-4-10-18-15(17-14(3)9-11-19-17)12-20-16-8-6-5-7-13(16)2/h5-9,11,15,18H,4,10,12H2,1-3H3. The van der Waals surface area contributed by atoms with E-state index in [0.717, 1.165) is 12.3 Å². The van der Waals surface area contributed by atoms with Crippen LogP contribution in [0.3, 0.4) is 0 Å². The highest BCUT2D eigenvalue weighted by Gasteiger charge is 2.15. The lowest BCUT2D eigenvalue weighted by molar-refractivity contribution is 0.583. The van der Waals surface area contributed by atoms with Crippen LogP contribution in [-0.2, 0) is 0 Å². The van der Waals surface area contributed by atoms with Crippen LogP contribution in [0.25, 0.3) is 0 Å². The summed E-state index contributed by atoms with van der Waals surface area (Å²) in [5.74, 6) is 1.09. The molecule has 0 spiro atoms. The molecule has 0 radical (unpaired) electrons. The Morgan fingerprint density at radius 2 is 1.95 bits per heavy atom. The average molecular weight is 306 g/mol. The molecule has 20 heavy (non-hydrogen) atoms. The predicted octanol–water partition coefficient (Wildman–Crippen LogP) is 5.20. The fraction of sp³-hybridized carbons (Fsp3) is 0.412. The lowest BCUT2D eigenvalue weighted by Crippen LogP contribution is -2.23. The summed E-state index contributed by atoms with van der Waals surface area (Å²) >= 11 is 3.83. The topological polar surface area (TPSA) is 12.0 Å². The van der Waals surface area contributed by atoms with Crippen molar-refractivity contribution >= 4 is 23.1 Å². The van der Waals surface area contributed by atoms with E-state index >= 15 is 0 Å². The quantitative estimate of drug-likeness (QED) is 0.706. The molecule has 0 saturated heterocycles. The van der Waals surface area contributed by atoms with Gasteiger partial charge < -0.3 is 5.32 Å². The third-order valence-corrected chi connectivity index (χ3v) is 5.76. The van der Waals surface area contributed by atoms with Gasteiger partial charge in [-0.1, -0.05) is 25.1 Å². The van der Waals surface area contributed by atoms with Crippen LogP contribution >= 0.6 is 23.1 Å². The summed E-state index contributed by atoms with van der Waals surface area (Å²) < 4.78 is 0. The van der Waals surface area contributed by atoms with E-state index in [0.29, 0.717) is 6.04 Å². The van der Waals surface area contributed by atoms with Gasteiger partial charge >= 0.3 is 0 Å². The molecule has 0 aliphatic carbocycles. The smallest absolute Gasteiger partial charge is 0.0512 e. The first-order valence-corrected chi connectivity index (χ1v) is 9.04. The van der Waals surface area contributed by atoms with Crippen LogP contribution < -0.4 is 5.32 Å². The zero-order chi connectivity index (χ0) is 14.4. The van der Waals surface area contributed by atoms with E-state index in [1.807, 2.05) is 23.1 Å². The molecule has 2 aromatic rings. The molecule has 1 N–H and O–H groups in total. The Bertz CT molecular complexity index is 533. The minimum Gasteiger partial charge on any atom is -0.309 e. The number of nitrogens with one attached hydrogen (secondary N) is 1. The van der Waals surface area contributed by atoms with Gasteiger partial charge in [-0.25, -0.2) is 0 Å². The molecule has 0 saturated carbocycles. The third kappa shape index (κ3) is 4.11. The van der Waals surface area contributed by atoms with E-state index in [2.05, 4.69) is 61.8 Å². The molecule has 1 aromatic heterocycles. The van der Waals surface area contributed by atoms with Crippen molar-refractivity contribution in [1.29, 1.82) is 0 Å². The maximum absolute atomic E-state index is 3.69. The molecule has 0 fully saturated rings.